The minimum atomic E-state index is -4.37. The number of hydrogen-bond donors (Lipinski definition) is 3. The summed E-state index contributed by atoms with van der Waals surface area (Å²) in [6.45, 7) is 4.69. The van der Waals surface area contributed by atoms with Crippen LogP contribution in [0.5, 0.6) is 0 Å². The average molecular weight is 1160 g/mol. The van der Waals surface area contributed by atoms with Gasteiger partial charge in [-0.3, -0.25) is 13.8 Å². The summed E-state index contributed by atoms with van der Waals surface area (Å²) in [7, 11) is 1.54. The maximum Gasteiger partial charge on any atom is 0.472 e. The first-order valence-electron chi connectivity index (χ1n) is 34.3. The first-order valence-corrected chi connectivity index (χ1v) is 35.8. The monoisotopic (exact) mass is 1160 g/mol. The molecule has 1 amide bonds. The Morgan fingerprint density at radius 3 is 1.12 bits per heavy atom. The molecule has 3 atom stereocenters. The van der Waals surface area contributed by atoms with Crippen LogP contribution in [-0.2, 0) is 18.4 Å². The molecule has 474 valence electrons. The lowest BCUT2D eigenvalue weighted by molar-refractivity contribution is -0.870. The quantitative estimate of drug-likeness (QED) is 0.0243. The van der Waals surface area contributed by atoms with Crippen molar-refractivity contribution in [3.63, 3.8) is 0 Å². The number of allylic oxidation sites excluding steroid dienone is 17. The van der Waals surface area contributed by atoms with Crippen LogP contribution in [0.3, 0.4) is 0 Å². The van der Waals surface area contributed by atoms with Crippen molar-refractivity contribution in [2.24, 2.45) is 0 Å². The predicted octanol–water partition coefficient (Wildman–Crippen LogP) is 21.9. The molecule has 0 bridgehead atoms. The van der Waals surface area contributed by atoms with Gasteiger partial charge in [0.2, 0.25) is 5.91 Å². The summed E-state index contributed by atoms with van der Waals surface area (Å²) in [6.07, 6.45) is 92.3. The number of aliphatic hydroxyl groups is 1. The number of aliphatic hydroxyl groups excluding tert-OH is 1. The number of nitrogens with one attached hydrogen (secondary N) is 1. The van der Waals surface area contributed by atoms with Crippen LogP contribution >= 0.6 is 7.82 Å². The normalized spacial score (nSPS) is 14.4. The van der Waals surface area contributed by atoms with Crippen molar-refractivity contribution in [1.29, 1.82) is 0 Å². The first kappa shape index (κ1) is 79.2. The molecule has 0 aromatic rings. The average Bonchev–Trinajstić information content (AvgIpc) is 3.45. The van der Waals surface area contributed by atoms with Gasteiger partial charge >= 0.3 is 7.82 Å². The minimum Gasteiger partial charge on any atom is -0.387 e. The molecule has 0 aromatic heterocycles. The highest BCUT2D eigenvalue weighted by molar-refractivity contribution is 7.47. The maximum atomic E-state index is 13.0. The summed E-state index contributed by atoms with van der Waals surface area (Å²) in [6, 6.07) is -0.877. The van der Waals surface area contributed by atoms with Gasteiger partial charge in [0.25, 0.3) is 0 Å². The van der Waals surface area contributed by atoms with E-state index >= 15 is 0 Å². The topological polar surface area (TPSA) is 105 Å². The molecule has 0 aliphatic rings. The zero-order valence-electron chi connectivity index (χ0n) is 54.2. The molecule has 82 heavy (non-hydrogen) atoms. The van der Waals surface area contributed by atoms with Crippen molar-refractivity contribution in [3.05, 3.63) is 109 Å². The van der Waals surface area contributed by atoms with Gasteiger partial charge < -0.3 is 19.8 Å². The molecule has 0 radical (unpaired) electrons. The second kappa shape index (κ2) is 62.7. The van der Waals surface area contributed by atoms with Crippen molar-refractivity contribution in [3.8, 4) is 0 Å². The Kier molecular flexibility index (Phi) is 60.5. The van der Waals surface area contributed by atoms with Crippen LogP contribution in [0.15, 0.2) is 109 Å². The molecule has 0 aliphatic carbocycles. The summed E-state index contributed by atoms with van der Waals surface area (Å²) in [5, 5.41) is 14.0. The fraction of sp³-hybridized carbons (Fsp3) is 0.740. The largest absolute Gasteiger partial charge is 0.472 e. The number of carbonyl (C=O) groups is 1. The van der Waals surface area contributed by atoms with Crippen molar-refractivity contribution in [2.45, 2.75) is 309 Å². The van der Waals surface area contributed by atoms with Crippen molar-refractivity contribution in [1.82, 2.24) is 5.32 Å². The zero-order valence-corrected chi connectivity index (χ0v) is 55.1. The van der Waals surface area contributed by atoms with Gasteiger partial charge in [-0.05, 0) is 96.3 Å². The highest BCUT2D eigenvalue weighted by atomic mass is 31.2. The number of phosphoric ester groups is 1. The highest BCUT2D eigenvalue weighted by Gasteiger charge is 2.28. The second-order valence-electron chi connectivity index (χ2n) is 24.2. The summed E-state index contributed by atoms with van der Waals surface area (Å²) in [4.78, 5) is 23.4. The molecule has 3 unspecified atom stereocenters. The van der Waals surface area contributed by atoms with E-state index in [9.17, 15) is 19.4 Å². The number of amides is 1. The molecule has 0 saturated heterocycles. The standard InChI is InChI=1S/C73H131N2O6P/c1-6-8-10-12-14-16-18-20-22-24-26-28-30-32-33-34-35-36-37-38-39-40-41-43-45-47-49-51-53-55-57-59-61-63-65-67-73(77)74-71(70-81-82(78,79)80-69-68-75(3,4)5)72(76)66-64-62-60-58-56-54-52-50-48-46-44-42-31-29-27-25-23-21-19-17-15-13-11-9-7-2/h8,10,14,16,20,22,26,28,32-33,35-36,48,50,56,58,64,66,71-72,76H,6-7,9,11-13,15,17-19,21,23-25,27,29-31,34,37-47,49,51-55,57,59-63,65,67-70H2,1-5H3,(H-,74,77,78,79)/p+1/b10-8-,16-14-,22-20-,28-26-,33-32-,36-35-,50-48+,58-56+,66-64+. The molecule has 3 N–H and O–H groups in total. The number of quaternary nitrogens is 1. The summed E-state index contributed by atoms with van der Waals surface area (Å²) >= 11 is 0. The first-order chi connectivity index (χ1) is 40.0. The molecular weight excluding hydrogens is 1030 g/mol. The number of likely N-dealkylation sites (N-methyl/N-ethyl adjacent to an activating group) is 1. The maximum absolute atomic E-state index is 13.0. The molecule has 0 rings (SSSR count). The highest BCUT2D eigenvalue weighted by Crippen LogP contribution is 2.43. The van der Waals surface area contributed by atoms with E-state index in [1.165, 1.54) is 193 Å². The fourth-order valence-corrected chi connectivity index (χ4v) is 10.4. The van der Waals surface area contributed by atoms with E-state index in [2.05, 4.69) is 116 Å². The van der Waals surface area contributed by atoms with Crippen LogP contribution in [0.2, 0.25) is 0 Å². The molecule has 0 saturated carbocycles. The van der Waals surface area contributed by atoms with Crippen LogP contribution in [-0.4, -0.2) is 73.4 Å². The molecular formula is C73H132N2O6P+. The molecule has 0 fully saturated rings. The van der Waals surface area contributed by atoms with E-state index in [0.29, 0.717) is 17.4 Å². The van der Waals surface area contributed by atoms with E-state index in [-0.39, 0.29) is 19.1 Å². The van der Waals surface area contributed by atoms with Crippen LogP contribution in [0.25, 0.3) is 0 Å². The third kappa shape index (κ3) is 64.7. The number of nitrogens with zero attached hydrogens (tertiary/aromatic N) is 1. The second-order valence-corrected chi connectivity index (χ2v) is 25.6. The molecule has 0 spiro atoms. The number of rotatable bonds is 62. The van der Waals surface area contributed by atoms with E-state index in [4.69, 9.17) is 9.05 Å². The zero-order chi connectivity index (χ0) is 59.8. The van der Waals surface area contributed by atoms with E-state index in [1.54, 1.807) is 6.08 Å². The van der Waals surface area contributed by atoms with Gasteiger partial charge in [-0.25, -0.2) is 4.57 Å². The molecule has 8 nitrogen and oxygen atoms in total. The Labute approximate surface area is 508 Å². The number of phosphoric acid groups is 1. The van der Waals surface area contributed by atoms with Gasteiger partial charge in [0.05, 0.1) is 39.9 Å². The van der Waals surface area contributed by atoms with Gasteiger partial charge in [0, 0.05) is 6.42 Å². The lowest BCUT2D eigenvalue weighted by atomic mass is 10.0. The SMILES string of the molecule is CC/C=C\C/C=C\C/C=C\C/C=C\C/C=C\C/C=C\CCCCCCCCCCCCCCCCCCC(=O)NC(COP(=O)(O)OCC[N+](C)(C)C)C(O)/C=C/CC/C=C/CC/C=C/CCCCCCCCCCCCCCCCC. The summed E-state index contributed by atoms with van der Waals surface area (Å²) in [5.41, 5.74) is 0. The molecule has 0 aromatic carbocycles. The Morgan fingerprint density at radius 2 is 0.744 bits per heavy atom. The van der Waals surface area contributed by atoms with Crippen LogP contribution in [0.1, 0.15) is 296 Å². The molecule has 0 aliphatic heterocycles. The molecule has 0 heterocycles. The number of hydrogen-bond acceptors (Lipinski definition) is 5. The smallest absolute Gasteiger partial charge is 0.387 e. The van der Waals surface area contributed by atoms with E-state index in [1.807, 2.05) is 27.2 Å². The Balaban J connectivity index is 4.13. The van der Waals surface area contributed by atoms with Gasteiger partial charge in [-0.2, -0.15) is 0 Å². The summed E-state index contributed by atoms with van der Waals surface area (Å²) < 4.78 is 23.8. The Hall–Kier alpha value is -2.84. The van der Waals surface area contributed by atoms with Crippen molar-refractivity contribution >= 4 is 13.7 Å². The van der Waals surface area contributed by atoms with Crippen LogP contribution in [0.4, 0.5) is 0 Å². The fourth-order valence-electron chi connectivity index (χ4n) is 9.67. The van der Waals surface area contributed by atoms with Gasteiger partial charge in [0.15, 0.2) is 0 Å². The van der Waals surface area contributed by atoms with Crippen molar-refractivity contribution in [2.75, 3.05) is 40.9 Å². The van der Waals surface area contributed by atoms with E-state index < -0.39 is 20.0 Å². The number of carbonyl (C=O) groups excluding carboxylic acids is 1. The Morgan fingerprint density at radius 1 is 0.427 bits per heavy atom. The van der Waals surface area contributed by atoms with Crippen LogP contribution < -0.4 is 5.32 Å². The van der Waals surface area contributed by atoms with Gasteiger partial charge in [-0.1, -0.05) is 303 Å². The third-order valence-corrected chi connectivity index (χ3v) is 15.9. The van der Waals surface area contributed by atoms with Crippen LogP contribution in [0, 0.1) is 0 Å². The van der Waals surface area contributed by atoms with Gasteiger partial charge in [-0.15, -0.1) is 0 Å². The Bertz CT molecular complexity index is 1700. The summed E-state index contributed by atoms with van der Waals surface area (Å²) in [5.74, 6) is -0.191. The predicted molar refractivity (Wildman–Crippen MR) is 359 cm³/mol. The lowest BCUT2D eigenvalue weighted by Crippen LogP contribution is -2.45. The van der Waals surface area contributed by atoms with Gasteiger partial charge in [0.1, 0.15) is 13.2 Å². The van der Waals surface area contributed by atoms with E-state index in [0.717, 1.165) is 83.5 Å². The third-order valence-electron chi connectivity index (χ3n) is 15.0. The lowest BCUT2D eigenvalue weighted by Gasteiger charge is -2.25. The number of unbranched alkanes of at least 4 members (excludes halogenated alkanes) is 33. The minimum absolute atomic E-state index is 0.0502. The van der Waals surface area contributed by atoms with Crippen molar-refractivity contribution < 1.29 is 32.9 Å². The molecule has 9 heteroatoms.